The van der Waals surface area contributed by atoms with Gasteiger partial charge >= 0.3 is 12.1 Å². The number of benzene rings is 1. The first kappa shape index (κ1) is 13.0. The summed E-state index contributed by atoms with van der Waals surface area (Å²) in [5, 5.41) is 11.6. The van der Waals surface area contributed by atoms with Crippen LogP contribution in [-0.4, -0.2) is 24.3 Å². The Labute approximate surface area is 99.4 Å². The van der Waals surface area contributed by atoms with Crippen molar-refractivity contribution in [1.82, 2.24) is 0 Å². The largest absolute Gasteiger partial charge is 0.478 e. The lowest BCUT2D eigenvalue weighted by Gasteiger charge is -2.14. The highest BCUT2D eigenvalue weighted by Gasteiger charge is 2.18. The van der Waals surface area contributed by atoms with Crippen molar-refractivity contribution in [2.24, 2.45) is 0 Å². The predicted molar refractivity (Wildman–Crippen MR) is 63.5 cm³/mol. The van der Waals surface area contributed by atoms with Crippen LogP contribution in [-0.2, 0) is 4.74 Å². The number of aromatic carboxylic acids is 1. The normalized spacial score (nSPS) is 10.1. The third kappa shape index (κ3) is 2.96. The zero-order valence-corrected chi connectivity index (χ0v) is 9.98. The molecule has 5 nitrogen and oxygen atoms in total. The standard InChI is InChI=1S/C12H15NO4/c1-7(2)8-5-4-6-9(10(8)11(14)15)13-12(16)17-3/h4-7H,1-3H3,(H,13,16)(H,14,15). The Kier molecular flexibility index (Phi) is 4.09. The highest BCUT2D eigenvalue weighted by Crippen LogP contribution is 2.26. The van der Waals surface area contributed by atoms with Crippen LogP contribution in [0.15, 0.2) is 18.2 Å². The van der Waals surface area contributed by atoms with Crippen molar-refractivity contribution < 1.29 is 19.4 Å². The van der Waals surface area contributed by atoms with Gasteiger partial charge in [-0.05, 0) is 17.5 Å². The minimum atomic E-state index is -1.07. The van der Waals surface area contributed by atoms with E-state index in [2.05, 4.69) is 10.1 Å². The van der Waals surface area contributed by atoms with Gasteiger partial charge in [-0.3, -0.25) is 5.32 Å². The van der Waals surface area contributed by atoms with Gasteiger partial charge in [0.15, 0.2) is 0 Å². The third-order valence-electron chi connectivity index (χ3n) is 2.35. The molecule has 5 heteroatoms. The zero-order valence-electron chi connectivity index (χ0n) is 9.98. The van der Waals surface area contributed by atoms with Crippen molar-refractivity contribution in [2.75, 3.05) is 12.4 Å². The monoisotopic (exact) mass is 237 g/mol. The molecule has 0 spiro atoms. The van der Waals surface area contributed by atoms with Crippen molar-refractivity contribution in [1.29, 1.82) is 0 Å². The molecular weight excluding hydrogens is 222 g/mol. The Morgan fingerprint density at radius 2 is 2.00 bits per heavy atom. The van der Waals surface area contributed by atoms with Crippen LogP contribution in [0, 0.1) is 0 Å². The first-order valence-corrected chi connectivity index (χ1v) is 5.18. The summed E-state index contributed by atoms with van der Waals surface area (Å²) in [4.78, 5) is 22.3. The average Bonchev–Trinajstić information content (AvgIpc) is 2.28. The number of methoxy groups -OCH3 is 1. The molecule has 0 atom stereocenters. The number of carbonyl (C=O) groups is 2. The molecule has 92 valence electrons. The van der Waals surface area contributed by atoms with Gasteiger partial charge in [0, 0.05) is 0 Å². The Hall–Kier alpha value is -2.04. The summed E-state index contributed by atoms with van der Waals surface area (Å²) in [7, 11) is 1.22. The van der Waals surface area contributed by atoms with Gasteiger partial charge in [0.05, 0.1) is 18.4 Å². The van der Waals surface area contributed by atoms with Gasteiger partial charge in [-0.25, -0.2) is 9.59 Å². The van der Waals surface area contributed by atoms with E-state index in [1.54, 1.807) is 12.1 Å². The highest BCUT2D eigenvalue weighted by molar-refractivity contribution is 6.00. The number of nitrogens with one attached hydrogen (secondary N) is 1. The van der Waals surface area contributed by atoms with Gasteiger partial charge < -0.3 is 9.84 Å². The van der Waals surface area contributed by atoms with Gasteiger partial charge in [0.2, 0.25) is 0 Å². The van der Waals surface area contributed by atoms with E-state index in [1.807, 2.05) is 13.8 Å². The number of rotatable bonds is 3. The number of anilines is 1. The zero-order chi connectivity index (χ0) is 13.0. The Morgan fingerprint density at radius 1 is 1.35 bits per heavy atom. The van der Waals surface area contributed by atoms with Crippen LogP contribution in [0.25, 0.3) is 0 Å². The quantitative estimate of drug-likeness (QED) is 0.847. The van der Waals surface area contributed by atoms with E-state index in [-0.39, 0.29) is 17.2 Å². The molecule has 2 N–H and O–H groups in total. The highest BCUT2D eigenvalue weighted by atomic mass is 16.5. The van der Waals surface area contributed by atoms with Gasteiger partial charge in [-0.1, -0.05) is 26.0 Å². The van der Waals surface area contributed by atoms with Crippen LogP contribution >= 0.6 is 0 Å². The number of carboxylic acids is 1. The summed E-state index contributed by atoms with van der Waals surface area (Å²) >= 11 is 0. The predicted octanol–water partition coefficient (Wildman–Crippen LogP) is 2.69. The lowest BCUT2D eigenvalue weighted by atomic mass is 9.96. The lowest BCUT2D eigenvalue weighted by molar-refractivity contribution is 0.0696. The molecule has 0 radical (unpaired) electrons. The smallest absolute Gasteiger partial charge is 0.411 e. The Balaban J connectivity index is 3.25. The molecule has 0 saturated carbocycles. The topological polar surface area (TPSA) is 75.6 Å². The Bertz CT molecular complexity index is 440. The molecule has 0 aliphatic rings. The van der Waals surface area contributed by atoms with E-state index < -0.39 is 12.1 Å². The molecule has 0 unspecified atom stereocenters. The van der Waals surface area contributed by atoms with E-state index in [0.29, 0.717) is 5.56 Å². The minimum Gasteiger partial charge on any atom is -0.478 e. The molecular formula is C12H15NO4. The van der Waals surface area contributed by atoms with Crippen LogP contribution in [0.4, 0.5) is 10.5 Å². The maximum Gasteiger partial charge on any atom is 0.411 e. The van der Waals surface area contributed by atoms with E-state index in [1.165, 1.54) is 13.2 Å². The number of hydrogen-bond acceptors (Lipinski definition) is 3. The second kappa shape index (κ2) is 5.34. The summed E-state index contributed by atoms with van der Waals surface area (Å²) in [6, 6.07) is 4.97. The van der Waals surface area contributed by atoms with E-state index in [4.69, 9.17) is 0 Å². The van der Waals surface area contributed by atoms with E-state index >= 15 is 0 Å². The van der Waals surface area contributed by atoms with Crippen molar-refractivity contribution in [2.45, 2.75) is 19.8 Å². The fourth-order valence-corrected chi connectivity index (χ4v) is 1.56. The summed E-state index contributed by atoms with van der Waals surface area (Å²) in [6.07, 6.45) is -0.687. The molecule has 0 heterocycles. The molecule has 1 amide bonds. The summed E-state index contributed by atoms with van der Waals surface area (Å²) in [5.41, 5.74) is 1.02. The first-order chi connectivity index (χ1) is 7.97. The van der Waals surface area contributed by atoms with Crippen molar-refractivity contribution in [3.8, 4) is 0 Å². The Morgan fingerprint density at radius 3 is 2.47 bits per heavy atom. The van der Waals surface area contributed by atoms with Crippen LogP contribution in [0.5, 0.6) is 0 Å². The molecule has 1 aromatic rings. The molecule has 17 heavy (non-hydrogen) atoms. The molecule has 1 aromatic carbocycles. The van der Waals surface area contributed by atoms with Crippen molar-refractivity contribution >= 4 is 17.7 Å². The SMILES string of the molecule is COC(=O)Nc1cccc(C(C)C)c1C(=O)O. The summed E-state index contributed by atoms with van der Waals surface area (Å²) in [6.45, 7) is 3.79. The molecule has 0 aliphatic heterocycles. The molecule has 0 aliphatic carbocycles. The van der Waals surface area contributed by atoms with Gasteiger partial charge in [-0.15, -0.1) is 0 Å². The maximum absolute atomic E-state index is 11.2. The minimum absolute atomic E-state index is 0.0560. The van der Waals surface area contributed by atoms with Crippen LogP contribution in [0.3, 0.4) is 0 Å². The second-order valence-electron chi connectivity index (χ2n) is 3.85. The van der Waals surface area contributed by atoms with Gasteiger partial charge in [-0.2, -0.15) is 0 Å². The molecule has 0 fully saturated rings. The van der Waals surface area contributed by atoms with Crippen molar-refractivity contribution in [3.63, 3.8) is 0 Å². The second-order valence-corrected chi connectivity index (χ2v) is 3.85. The fraction of sp³-hybridized carbons (Fsp3) is 0.333. The molecule has 0 aromatic heterocycles. The average molecular weight is 237 g/mol. The number of carbonyl (C=O) groups excluding carboxylic acids is 1. The summed E-state index contributed by atoms with van der Waals surface area (Å²) < 4.78 is 4.45. The van der Waals surface area contributed by atoms with Crippen molar-refractivity contribution in [3.05, 3.63) is 29.3 Å². The maximum atomic E-state index is 11.2. The molecule has 0 bridgehead atoms. The summed E-state index contributed by atoms with van der Waals surface area (Å²) in [5.74, 6) is -1.01. The fourth-order valence-electron chi connectivity index (χ4n) is 1.56. The van der Waals surface area contributed by atoms with E-state index in [9.17, 15) is 14.7 Å². The number of ether oxygens (including phenoxy) is 1. The first-order valence-electron chi connectivity index (χ1n) is 5.18. The molecule has 1 rings (SSSR count). The van der Waals surface area contributed by atoms with Crippen LogP contribution < -0.4 is 5.32 Å². The number of carboxylic acid groups (broad SMARTS) is 1. The van der Waals surface area contributed by atoms with E-state index in [0.717, 1.165) is 0 Å². The number of hydrogen-bond donors (Lipinski definition) is 2. The van der Waals surface area contributed by atoms with Crippen LogP contribution in [0.2, 0.25) is 0 Å². The molecule has 0 saturated heterocycles. The number of amides is 1. The third-order valence-corrected chi connectivity index (χ3v) is 2.35. The lowest BCUT2D eigenvalue weighted by Crippen LogP contribution is -2.16. The van der Waals surface area contributed by atoms with Gasteiger partial charge in [0.1, 0.15) is 0 Å². The van der Waals surface area contributed by atoms with Gasteiger partial charge in [0.25, 0.3) is 0 Å². The van der Waals surface area contributed by atoms with Crippen LogP contribution in [0.1, 0.15) is 35.7 Å².